The van der Waals surface area contributed by atoms with Crippen molar-refractivity contribution >= 4 is 17.7 Å². The highest BCUT2D eigenvalue weighted by molar-refractivity contribution is 5.87. The van der Waals surface area contributed by atoms with Gasteiger partial charge in [-0.05, 0) is 87.8 Å². The normalized spacial score (nSPS) is 14.1. The lowest BCUT2D eigenvalue weighted by atomic mass is 10.0. The molecule has 1 aliphatic rings. The van der Waals surface area contributed by atoms with Crippen molar-refractivity contribution in [1.29, 1.82) is 0 Å². The number of aliphatic carboxylic acids is 2. The van der Waals surface area contributed by atoms with Crippen molar-refractivity contribution in [2.75, 3.05) is 0 Å². The number of phenolic OH excluding ortho intramolecular Hbond substituents is 3. The molecule has 0 aliphatic heterocycles. The molecule has 14 heteroatoms. The molecule has 1 aromatic heterocycles. The zero-order chi connectivity index (χ0) is 40.4. The molecule has 5 rings (SSSR count). The van der Waals surface area contributed by atoms with Gasteiger partial charge in [0.1, 0.15) is 34.5 Å². The number of ether oxygens (including phenoxy) is 3. The maximum Gasteiger partial charge on any atom is 0.344 e. The molecular formula is C42H49N3O11. The summed E-state index contributed by atoms with van der Waals surface area (Å²) in [6, 6.07) is 12.9. The summed E-state index contributed by atoms with van der Waals surface area (Å²) in [7, 11) is 0. The van der Waals surface area contributed by atoms with Gasteiger partial charge in [0.2, 0.25) is 0 Å². The zero-order valence-electron chi connectivity index (χ0n) is 31.8. The first-order valence-corrected chi connectivity index (χ1v) is 19.2. The highest BCUT2D eigenvalue weighted by Gasteiger charge is 2.36. The van der Waals surface area contributed by atoms with Crippen molar-refractivity contribution in [3.05, 3.63) is 54.6 Å². The number of unbranched alkanes of at least 4 members (excludes halogenated alkanes) is 3. The van der Waals surface area contributed by atoms with Gasteiger partial charge < -0.3 is 39.7 Å². The smallest absolute Gasteiger partial charge is 0.344 e. The molecule has 4 aromatic rings. The molecule has 0 amide bonds. The predicted octanol–water partition coefficient (Wildman–Crippen LogP) is 7.95. The second-order valence-electron chi connectivity index (χ2n) is 13.9. The molecule has 0 radical (unpaired) electrons. The third-order valence-corrected chi connectivity index (χ3v) is 9.41. The molecule has 0 spiro atoms. The van der Waals surface area contributed by atoms with Crippen LogP contribution in [0.15, 0.2) is 54.6 Å². The summed E-state index contributed by atoms with van der Waals surface area (Å²) in [5.74, 6) is -2.80. The molecule has 298 valence electrons. The second kappa shape index (κ2) is 19.1. The van der Waals surface area contributed by atoms with Gasteiger partial charge in [0.15, 0.2) is 41.6 Å². The molecule has 3 aromatic carbocycles. The lowest BCUT2D eigenvalue weighted by Crippen LogP contribution is -2.28. The van der Waals surface area contributed by atoms with Crippen LogP contribution in [0.25, 0.3) is 34.2 Å². The summed E-state index contributed by atoms with van der Waals surface area (Å²) >= 11 is 0. The third kappa shape index (κ3) is 10.6. The van der Waals surface area contributed by atoms with Crippen LogP contribution in [0.2, 0.25) is 0 Å². The Hall–Kier alpha value is -5.92. The average molecular weight is 772 g/mol. The van der Waals surface area contributed by atoms with Gasteiger partial charge in [-0.3, -0.25) is 4.79 Å². The van der Waals surface area contributed by atoms with Crippen LogP contribution in [0.3, 0.4) is 0 Å². The topological polar surface area (TPSA) is 219 Å². The fraction of sp³-hybridized carbons (Fsp3) is 0.429. The number of nitrogens with zero attached hydrogens (tertiary/aromatic N) is 3. The largest absolute Gasteiger partial charge is 0.507 e. The van der Waals surface area contributed by atoms with Crippen LogP contribution in [0, 0.1) is 5.92 Å². The van der Waals surface area contributed by atoms with Crippen molar-refractivity contribution in [2.24, 2.45) is 5.92 Å². The van der Waals surface area contributed by atoms with E-state index in [1.807, 2.05) is 20.8 Å². The lowest BCUT2D eigenvalue weighted by molar-refractivity contribution is -0.146. The number of Topliss-reactive ketones (excluding diaryl/α,β-unsaturated/α-hetero) is 1. The Morgan fingerprint density at radius 1 is 0.571 bits per heavy atom. The summed E-state index contributed by atoms with van der Waals surface area (Å²) in [4.78, 5) is 50.2. The van der Waals surface area contributed by atoms with Crippen molar-refractivity contribution in [3.8, 4) is 68.7 Å². The van der Waals surface area contributed by atoms with Crippen LogP contribution in [0.5, 0.6) is 34.5 Å². The molecule has 1 aliphatic carbocycles. The van der Waals surface area contributed by atoms with Crippen molar-refractivity contribution in [3.63, 3.8) is 0 Å². The van der Waals surface area contributed by atoms with E-state index in [9.17, 15) is 39.9 Å². The Morgan fingerprint density at radius 3 is 1.18 bits per heavy atom. The van der Waals surface area contributed by atoms with Gasteiger partial charge in [0.05, 0.1) is 16.7 Å². The van der Waals surface area contributed by atoms with Gasteiger partial charge >= 0.3 is 11.9 Å². The first-order chi connectivity index (χ1) is 26.9. The number of aromatic hydroxyl groups is 3. The maximum atomic E-state index is 13.0. The van der Waals surface area contributed by atoms with Gasteiger partial charge in [-0.25, -0.2) is 24.5 Å². The zero-order valence-corrected chi connectivity index (χ0v) is 31.8. The Labute approximate surface area is 325 Å². The van der Waals surface area contributed by atoms with E-state index in [1.165, 1.54) is 48.5 Å². The minimum absolute atomic E-state index is 0.000173. The van der Waals surface area contributed by atoms with E-state index in [-0.39, 0.29) is 93.2 Å². The van der Waals surface area contributed by atoms with Gasteiger partial charge in [0.25, 0.3) is 0 Å². The van der Waals surface area contributed by atoms with Crippen molar-refractivity contribution < 1.29 is 54.1 Å². The van der Waals surface area contributed by atoms with Gasteiger partial charge in [-0.2, -0.15) is 0 Å². The number of carbonyl (C=O) groups is 3. The minimum Gasteiger partial charge on any atom is -0.507 e. The van der Waals surface area contributed by atoms with E-state index in [2.05, 4.69) is 15.0 Å². The van der Waals surface area contributed by atoms with E-state index in [0.29, 0.717) is 19.3 Å². The second-order valence-corrected chi connectivity index (χ2v) is 13.9. The van der Waals surface area contributed by atoms with E-state index in [4.69, 9.17) is 14.2 Å². The number of phenols is 3. The molecule has 1 fully saturated rings. The molecular weight excluding hydrogens is 722 g/mol. The Bertz CT molecular complexity index is 1920. The summed E-state index contributed by atoms with van der Waals surface area (Å²) in [5, 5.41) is 52.9. The number of aromatic nitrogens is 3. The van der Waals surface area contributed by atoms with E-state index in [1.54, 1.807) is 6.07 Å². The maximum absolute atomic E-state index is 13.0. The molecule has 3 unspecified atom stereocenters. The first kappa shape index (κ1) is 41.2. The van der Waals surface area contributed by atoms with Crippen molar-refractivity contribution in [1.82, 2.24) is 15.0 Å². The number of carboxylic acid groups (broad SMARTS) is 2. The molecule has 3 atom stereocenters. The molecule has 5 N–H and O–H groups in total. The molecule has 0 bridgehead atoms. The lowest BCUT2D eigenvalue weighted by Gasteiger charge is -2.18. The number of hydrogen-bond donors (Lipinski definition) is 5. The van der Waals surface area contributed by atoms with E-state index < -0.39 is 30.3 Å². The van der Waals surface area contributed by atoms with Crippen LogP contribution in [0.4, 0.5) is 0 Å². The van der Waals surface area contributed by atoms with Gasteiger partial charge in [-0.15, -0.1) is 0 Å². The highest BCUT2D eigenvalue weighted by atomic mass is 16.5. The molecule has 14 nitrogen and oxygen atoms in total. The number of hydrogen-bond acceptors (Lipinski definition) is 12. The fourth-order valence-corrected chi connectivity index (χ4v) is 6.08. The Balaban J connectivity index is 1.53. The SMILES string of the molecule is CCCCC(Oc1ccc(-c2nc(-c3ccc(OC(CCCC)C(=O)O)cc3O)nc(-c3ccc(OC(CCCC)C(=O)C4CC4)cc3O)n2)c(O)c1)C(=O)O. The van der Waals surface area contributed by atoms with Crippen LogP contribution in [-0.2, 0) is 14.4 Å². The monoisotopic (exact) mass is 771 g/mol. The quantitative estimate of drug-likeness (QED) is 0.0512. The fourth-order valence-electron chi connectivity index (χ4n) is 6.08. The summed E-state index contributed by atoms with van der Waals surface area (Å²) in [6.45, 7) is 5.91. The van der Waals surface area contributed by atoms with Crippen LogP contribution < -0.4 is 14.2 Å². The predicted molar refractivity (Wildman–Crippen MR) is 206 cm³/mol. The first-order valence-electron chi connectivity index (χ1n) is 19.2. The summed E-state index contributed by atoms with van der Waals surface area (Å²) in [5.41, 5.74) is 0.374. The standard InChI is InChI=1S/C42H49N3O11/c1-4-7-10-34(37(49)24-13-14-24)54-25-15-18-28(31(46)21-25)38-43-39(29-19-16-26(22-32(29)47)55-35(41(50)51)11-8-5-2)45-40(44-38)30-20-17-27(23-33(30)48)56-36(42(52)53)12-9-6-3/h15-24,34-36,46-48H,4-14H2,1-3H3,(H,50,51)(H,52,53). The molecule has 0 saturated heterocycles. The molecule has 1 saturated carbocycles. The van der Waals surface area contributed by atoms with Crippen LogP contribution >= 0.6 is 0 Å². The van der Waals surface area contributed by atoms with E-state index >= 15 is 0 Å². The van der Waals surface area contributed by atoms with Crippen LogP contribution in [0.1, 0.15) is 91.4 Å². The summed E-state index contributed by atoms with van der Waals surface area (Å²) < 4.78 is 17.4. The van der Waals surface area contributed by atoms with E-state index in [0.717, 1.165) is 38.5 Å². The average Bonchev–Trinajstić information content (AvgIpc) is 4.02. The number of ketones is 1. The van der Waals surface area contributed by atoms with Crippen molar-refractivity contribution in [2.45, 2.75) is 110 Å². The Kier molecular flexibility index (Phi) is 14.1. The number of benzene rings is 3. The van der Waals surface area contributed by atoms with Gasteiger partial charge in [-0.1, -0.05) is 40.0 Å². The summed E-state index contributed by atoms with van der Waals surface area (Å²) in [6.07, 6.45) is 4.46. The third-order valence-electron chi connectivity index (χ3n) is 9.41. The number of carboxylic acids is 2. The number of rotatable bonds is 22. The molecule has 1 heterocycles. The van der Waals surface area contributed by atoms with Crippen LogP contribution in [-0.4, -0.2) is 76.5 Å². The highest BCUT2D eigenvalue weighted by Crippen LogP contribution is 2.39. The minimum atomic E-state index is -1.13. The Morgan fingerprint density at radius 2 is 0.893 bits per heavy atom. The molecule has 56 heavy (non-hydrogen) atoms. The number of carbonyl (C=O) groups excluding carboxylic acids is 1. The van der Waals surface area contributed by atoms with Gasteiger partial charge in [0, 0.05) is 24.1 Å².